The molecule has 3 rings (SSSR count). The number of nitrogens with one attached hydrogen (secondary N) is 1. The van der Waals surface area contributed by atoms with E-state index in [2.05, 4.69) is 29.8 Å². The molecule has 1 unspecified atom stereocenters. The molecule has 1 atom stereocenters. The number of fused-ring (bicyclic) bond motifs is 1. The van der Waals surface area contributed by atoms with Crippen molar-refractivity contribution < 1.29 is 0 Å². The normalized spacial score (nSPS) is 13.2. The van der Waals surface area contributed by atoms with Crippen LogP contribution in [0.2, 0.25) is 8.67 Å². The zero-order chi connectivity index (χ0) is 14.1. The van der Waals surface area contributed by atoms with Crippen molar-refractivity contribution in [2.24, 2.45) is 0 Å². The summed E-state index contributed by atoms with van der Waals surface area (Å²) in [5, 5.41) is 5.72. The van der Waals surface area contributed by atoms with Gasteiger partial charge in [-0.3, -0.25) is 0 Å². The van der Waals surface area contributed by atoms with E-state index in [0.717, 1.165) is 27.2 Å². The lowest BCUT2D eigenvalue weighted by atomic mass is 10.1. The summed E-state index contributed by atoms with van der Waals surface area (Å²) in [5.74, 6) is 0. The Morgan fingerprint density at radius 1 is 1.20 bits per heavy atom. The Kier molecular flexibility index (Phi) is 4.70. The lowest BCUT2D eigenvalue weighted by Crippen LogP contribution is -2.22. The maximum atomic E-state index is 6.34. The van der Waals surface area contributed by atoms with Crippen LogP contribution < -0.4 is 5.32 Å². The molecule has 0 aromatic carbocycles. The molecule has 1 N–H and O–H groups in total. The topological polar surface area (TPSA) is 12.0 Å². The fourth-order valence-electron chi connectivity index (χ4n) is 2.13. The lowest BCUT2D eigenvalue weighted by Gasteiger charge is -2.16. The third-order valence-corrected chi connectivity index (χ3v) is 6.71. The first-order valence-corrected chi connectivity index (χ1v) is 9.61. The van der Waals surface area contributed by atoms with Gasteiger partial charge in [0.05, 0.1) is 14.7 Å². The molecule has 1 nitrogen and oxygen atoms in total. The van der Waals surface area contributed by atoms with Gasteiger partial charge in [-0.1, -0.05) is 30.1 Å². The maximum Gasteiger partial charge on any atom is 0.0995 e. The largest absolute Gasteiger partial charge is 0.306 e. The Morgan fingerprint density at radius 3 is 2.70 bits per heavy atom. The van der Waals surface area contributed by atoms with Crippen LogP contribution in [0, 0.1) is 0 Å². The number of hydrogen-bond donors (Lipinski definition) is 1. The second kappa shape index (κ2) is 6.34. The molecular weight excluding hydrogens is 349 g/mol. The summed E-state index contributed by atoms with van der Waals surface area (Å²) in [6, 6.07) is 6.55. The molecule has 0 bridgehead atoms. The van der Waals surface area contributed by atoms with Crippen molar-refractivity contribution in [2.75, 3.05) is 6.54 Å². The van der Waals surface area contributed by atoms with E-state index in [1.165, 1.54) is 25.6 Å². The summed E-state index contributed by atoms with van der Waals surface area (Å²) in [6.45, 7) is 3.12. The van der Waals surface area contributed by atoms with Gasteiger partial charge >= 0.3 is 0 Å². The van der Waals surface area contributed by atoms with Crippen LogP contribution in [0.1, 0.15) is 29.8 Å². The Labute approximate surface area is 140 Å². The minimum Gasteiger partial charge on any atom is -0.306 e. The lowest BCUT2D eigenvalue weighted by molar-refractivity contribution is 0.607. The van der Waals surface area contributed by atoms with Gasteiger partial charge in [0.15, 0.2) is 0 Å². The second-order valence-electron chi connectivity index (χ2n) is 4.46. The molecule has 0 aliphatic rings. The molecule has 0 aliphatic carbocycles. The molecule has 0 amide bonds. The Balaban J connectivity index is 2.01. The fraction of sp³-hybridized carbons (Fsp3) is 0.286. The third-order valence-electron chi connectivity index (χ3n) is 3.04. The summed E-state index contributed by atoms with van der Waals surface area (Å²) in [7, 11) is 0. The van der Waals surface area contributed by atoms with E-state index in [4.69, 9.17) is 23.2 Å². The zero-order valence-corrected chi connectivity index (χ0v) is 14.7. The Hall–Kier alpha value is -0.100. The molecule has 3 heterocycles. The predicted octanol–water partition coefficient (Wildman–Crippen LogP) is 6.42. The fourth-order valence-corrected chi connectivity index (χ4v) is 5.88. The van der Waals surface area contributed by atoms with Crippen molar-refractivity contribution in [3.8, 4) is 0 Å². The van der Waals surface area contributed by atoms with Gasteiger partial charge in [-0.05, 0) is 36.5 Å². The highest BCUT2D eigenvalue weighted by molar-refractivity contribution is 7.27. The Morgan fingerprint density at radius 2 is 2.05 bits per heavy atom. The van der Waals surface area contributed by atoms with Crippen LogP contribution in [-0.2, 0) is 0 Å². The summed E-state index contributed by atoms with van der Waals surface area (Å²) in [4.78, 5) is 1.30. The molecule has 0 saturated heterocycles. The molecule has 20 heavy (non-hydrogen) atoms. The van der Waals surface area contributed by atoms with Gasteiger partial charge in [0, 0.05) is 19.8 Å². The van der Waals surface area contributed by atoms with Crippen LogP contribution >= 0.6 is 57.2 Å². The summed E-state index contributed by atoms with van der Waals surface area (Å²) < 4.78 is 4.20. The van der Waals surface area contributed by atoms with Crippen LogP contribution in [-0.4, -0.2) is 6.54 Å². The molecule has 0 fully saturated rings. The number of halogens is 2. The molecule has 3 aromatic rings. The molecular formula is C14H13Cl2NS3. The van der Waals surface area contributed by atoms with Gasteiger partial charge in [-0.15, -0.1) is 34.0 Å². The highest BCUT2D eigenvalue weighted by atomic mass is 35.5. The first-order chi connectivity index (χ1) is 9.69. The number of hydrogen-bond acceptors (Lipinski definition) is 4. The van der Waals surface area contributed by atoms with Crippen LogP contribution in [0.3, 0.4) is 0 Å². The average Bonchev–Trinajstić information content (AvgIpc) is 3.05. The SMILES string of the molecule is CCCNC(c1cc2sccc2s1)c1cc(Cl)sc1Cl. The van der Waals surface area contributed by atoms with E-state index in [1.54, 1.807) is 11.3 Å². The van der Waals surface area contributed by atoms with Gasteiger partial charge in [0.25, 0.3) is 0 Å². The van der Waals surface area contributed by atoms with Gasteiger partial charge in [0.1, 0.15) is 0 Å². The summed E-state index contributed by atoms with van der Waals surface area (Å²) in [6.07, 6.45) is 1.09. The molecule has 106 valence electrons. The maximum absolute atomic E-state index is 6.34. The predicted molar refractivity (Wildman–Crippen MR) is 94.2 cm³/mol. The first-order valence-electron chi connectivity index (χ1n) is 6.34. The van der Waals surface area contributed by atoms with Gasteiger partial charge < -0.3 is 5.32 Å². The van der Waals surface area contributed by atoms with Gasteiger partial charge in [-0.2, -0.15) is 0 Å². The standard InChI is InChI=1S/C14H13Cl2NS3/c1-2-4-17-13(8-6-12(15)20-14(8)16)11-7-10-9(19-11)3-5-18-10/h3,5-7,13,17H,2,4H2,1H3. The summed E-state index contributed by atoms with van der Waals surface area (Å²) in [5.41, 5.74) is 1.09. The van der Waals surface area contributed by atoms with Crippen molar-refractivity contribution in [3.05, 3.63) is 42.7 Å². The van der Waals surface area contributed by atoms with Crippen LogP contribution in [0.5, 0.6) is 0 Å². The second-order valence-corrected chi connectivity index (χ2v) is 8.81. The molecule has 0 saturated carbocycles. The van der Waals surface area contributed by atoms with Crippen LogP contribution in [0.25, 0.3) is 9.40 Å². The van der Waals surface area contributed by atoms with Gasteiger partial charge in [0.2, 0.25) is 0 Å². The quantitative estimate of drug-likeness (QED) is 0.552. The van der Waals surface area contributed by atoms with Crippen LogP contribution in [0.15, 0.2) is 23.6 Å². The average molecular weight is 362 g/mol. The van der Waals surface area contributed by atoms with Crippen molar-refractivity contribution in [1.29, 1.82) is 0 Å². The minimum atomic E-state index is 0.135. The highest BCUT2D eigenvalue weighted by Gasteiger charge is 2.21. The molecule has 0 aliphatic heterocycles. The zero-order valence-electron chi connectivity index (χ0n) is 10.8. The number of thiophene rings is 3. The van der Waals surface area contributed by atoms with Crippen molar-refractivity contribution in [3.63, 3.8) is 0 Å². The van der Waals surface area contributed by atoms with E-state index in [9.17, 15) is 0 Å². The molecule has 6 heteroatoms. The Bertz CT molecular complexity index is 684. The van der Waals surface area contributed by atoms with Crippen molar-refractivity contribution in [2.45, 2.75) is 19.4 Å². The van der Waals surface area contributed by atoms with E-state index < -0.39 is 0 Å². The third kappa shape index (κ3) is 2.91. The van der Waals surface area contributed by atoms with Gasteiger partial charge in [-0.25, -0.2) is 0 Å². The van der Waals surface area contributed by atoms with E-state index in [1.807, 2.05) is 17.4 Å². The number of rotatable bonds is 5. The van der Waals surface area contributed by atoms with Crippen molar-refractivity contribution in [1.82, 2.24) is 5.32 Å². The summed E-state index contributed by atoms with van der Waals surface area (Å²) >= 11 is 17.5. The smallest absolute Gasteiger partial charge is 0.0995 e. The van der Waals surface area contributed by atoms with Crippen LogP contribution in [0.4, 0.5) is 0 Å². The molecule has 0 radical (unpaired) electrons. The monoisotopic (exact) mass is 361 g/mol. The van der Waals surface area contributed by atoms with E-state index in [0.29, 0.717) is 0 Å². The van der Waals surface area contributed by atoms with E-state index >= 15 is 0 Å². The first kappa shape index (κ1) is 14.8. The molecule has 0 spiro atoms. The highest BCUT2D eigenvalue weighted by Crippen LogP contribution is 2.41. The minimum absolute atomic E-state index is 0.135. The van der Waals surface area contributed by atoms with Crippen molar-refractivity contribution >= 4 is 66.6 Å². The molecule has 3 aromatic heterocycles. The van der Waals surface area contributed by atoms with E-state index in [-0.39, 0.29) is 6.04 Å².